The summed E-state index contributed by atoms with van der Waals surface area (Å²) in [6.07, 6.45) is 10.9. The van der Waals surface area contributed by atoms with Gasteiger partial charge in [0.25, 0.3) is 0 Å². The number of carboxylic acids is 1. The van der Waals surface area contributed by atoms with E-state index in [4.69, 9.17) is 0 Å². The van der Waals surface area contributed by atoms with Gasteiger partial charge in [-0.3, -0.25) is 4.79 Å². The largest absolute Gasteiger partial charge is 0.481 e. The minimum absolute atomic E-state index is 0.107. The highest BCUT2D eigenvalue weighted by Crippen LogP contribution is 2.31. The third-order valence-electron chi connectivity index (χ3n) is 5.30. The Labute approximate surface area is 117 Å². The van der Waals surface area contributed by atoms with E-state index in [-0.39, 0.29) is 5.92 Å². The molecule has 0 aromatic carbocycles. The molecule has 19 heavy (non-hydrogen) atoms. The van der Waals surface area contributed by atoms with Crippen LogP contribution in [0.25, 0.3) is 0 Å². The van der Waals surface area contributed by atoms with Crippen molar-refractivity contribution < 1.29 is 9.90 Å². The zero-order valence-electron chi connectivity index (χ0n) is 12.2. The molecule has 0 radical (unpaired) electrons. The zero-order valence-corrected chi connectivity index (χ0v) is 12.2. The lowest BCUT2D eigenvalue weighted by Crippen LogP contribution is -2.43. The number of nitrogens with one attached hydrogen (secondary N) is 1. The van der Waals surface area contributed by atoms with Gasteiger partial charge in [0.1, 0.15) is 0 Å². The van der Waals surface area contributed by atoms with Crippen LogP contribution in [0, 0.1) is 17.8 Å². The van der Waals surface area contributed by atoms with Crippen LogP contribution in [0.1, 0.15) is 64.7 Å². The summed E-state index contributed by atoms with van der Waals surface area (Å²) in [6, 6.07) is 0.634. The van der Waals surface area contributed by atoms with Crippen molar-refractivity contribution >= 4 is 5.97 Å². The highest BCUT2D eigenvalue weighted by Gasteiger charge is 2.32. The molecule has 0 saturated heterocycles. The van der Waals surface area contributed by atoms with Gasteiger partial charge in [0.05, 0.1) is 5.92 Å². The Morgan fingerprint density at radius 3 is 2.37 bits per heavy atom. The number of aliphatic carboxylic acids is 1. The average Bonchev–Trinajstić information content (AvgIpc) is 2.45. The maximum Gasteiger partial charge on any atom is 0.306 e. The van der Waals surface area contributed by atoms with Crippen molar-refractivity contribution in [1.29, 1.82) is 0 Å². The fraction of sp³-hybridized carbons (Fsp3) is 0.938. The van der Waals surface area contributed by atoms with Gasteiger partial charge in [0.2, 0.25) is 0 Å². The molecule has 0 spiro atoms. The second-order valence-corrected chi connectivity index (χ2v) is 6.46. The molecule has 0 heterocycles. The van der Waals surface area contributed by atoms with Gasteiger partial charge in [-0.05, 0) is 44.1 Å². The molecule has 0 bridgehead atoms. The molecular formula is C16H29NO2. The summed E-state index contributed by atoms with van der Waals surface area (Å²) in [4.78, 5) is 11.3. The summed E-state index contributed by atoms with van der Waals surface area (Å²) in [5.74, 6) is 0.471. The predicted molar refractivity (Wildman–Crippen MR) is 77.1 cm³/mol. The summed E-state index contributed by atoms with van der Waals surface area (Å²) in [7, 11) is 0. The minimum atomic E-state index is -0.581. The topological polar surface area (TPSA) is 49.3 Å². The highest BCUT2D eigenvalue weighted by atomic mass is 16.4. The second-order valence-electron chi connectivity index (χ2n) is 6.46. The monoisotopic (exact) mass is 267 g/mol. The molecule has 4 atom stereocenters. The molecule has 110 valence electrons. The Kier molecular flexibility index (Phi) is 5.68. The van der Waals surface area contributed by atoms with Crippen molar-refractivity contribution in [2.75, 3.05) is 6.54 Å². The fourth-order valence-corrected chi connectivity index (χ4v) is 4.04. The van der Waals surface area contributed by atoms with Gasteiger partial charge < -0.3 is 10.4 Å². The predicted octanol–water partition coefficient (Wildman–Crippen LogP) is 3.44. The Morgan fingerprint density at radius 1 is 1.05 bits per heavy atom. The van der Waals surface area contributed by atoms with Crippen molar-refractivity contribution in [2.45, 2.75) is 70.8 Å². The van der Waals surface area contributed by atoms with Crippen LogP contribution >= 0.6 is 0 Å². The van der Waals surface area contributed by atoms with Crippen LogP contribution in [-0.2, 0) is 4.79 Å². The van der Waals surface area contributed by atoms with Crippen molar-refractivity contribution in [3.63, 3.8) is 0 Å². The summed E-state index contributed by atoms with van der Waals surface area (Å²) < 4.78 is 0. The standard InChI is InChI=1S/C16H29NO2/c1-2-12-7-4-6-10-15(12)17-11-13-8-3-5-9-14(13)16(18)19/h12-15,17H,2-11H2,1H3,(H,18,19). The molecule has 2 rings (SSSR count). The van der Waals surface area contributed by atoms with Gasteiger partial charge in [-0.1, -0.05) is 39.0 Å². The SMILES string of the molecule is CCC1CCCCC1NCC1CCCCC1C(=O)O. The van der Waals surface area contributed by atoms with Crippen LogP contribution in [0.15, 0.2) is 0 Å². The van der Waals surface area contributed by atoms with Crippen LogP contribution in [0.4, 0.5) is 0 Å². The maximum atomic E-state index is 11.3. The van der Waals surface area contributed by atoms with Crippen LogP contribution in [0.2, 0.25) is 0 Å². The Hall–Kier alpha value is -0.570. The number of carbonyl (C=O) groups is 1. The molecule has 2 aliphatic carbocycles. The van der Waals surface area contributed by atoms with E-state index in [9.17, 15) is 9.90 Å². The van der Waals surface area contributed by atoms with Crippen LogP contribution in [0.5, 0.6) is 0 Å². The normalized spacial score (nSPS) is 36.1. The maximum absolute atomic E-state index is 11.3. The Balaban J connectivity index is 1.83. The minimum Gasteiger partial charge on any atom is -0.481 e. The first-order chi connectivity index (χ1) is 9.22. The Morgan fingerprint density at radius 2 is 1.68 bits per heavy atom. The van der Waals surface area contributed by atoms with Gasteiger partial charge >= 0.3 is 5.97 Å². The molecule has 3 heteroatoms. The molecule has 4 unspecified atom stereocenters. The number of hydrogen-bond acceptors (Lipinski definition) is 2. The third-order valence-corrected chi connectivity index (χ3v) is 5.30. The van der Waals surface area contributed by atoms with E-state index in [2.05, 4.69) is 12.2 Å². The molecule has 2 N–H and O–H groups in total. The van der Waals surface area contributed by atoms with E-state index in [1.165, 1.54) is 38.5 Å². The molecule has 0 aromatic heterocycles. The first kappa shape index (κ1) is 14.8. The summed E-state index contributed by atoms with van der Waals surface area (Å²) >= 11 is 0. The fourth-order valence-electron chi connectivity index (χ4n) is 4.04. The van der Waals surface area contributed by atoms with Gasteiger partial charge in [0, 0.05) is 6.04 Å². The molecule has 2 fully saturated rings. The first-order valence-corrected chi connectivity index (χ1v) is 8.18. The average molecular weight is 267 g/mol. The first-order valence-electron chi connectivity index (χ1n) is 8.18. The number of hydrogen-bond donors (Lipinski definition) is 2. The van der Waals surface area contributed by atoms with Gasteiger partial charge in [-0.2, -0.15) is 0 Å². The van der Waals surface area contributed by atoms with Crippen LogP contribution in [-0.4, -0.2) is 23.7 Å². The number of carboxylic acid groups (broad SMARTS) is 1. The zero-order chi connectivity index (χ0) is 13.7. The molecule has 3 nitrogen and oxygen atoms in total. The van der Waals surface area contributed by atoms with Gasteiger partial charge in [-0.15, -0.1) is 0 Å². The van der Waals surface area contributed by atoms with E-state index in [0.29, 0.717) is 12.0 Å². The van der Waals surface area contributed by atoms with Crippen molar-refractivity contribution in [2.24, 2.45) is 17.8 Å². The lowest BCUT2D eigenvalue weighted by molar-refractivity contribution is -0.144. The lowest BCUT2D eigenvalue weighted by Gasteiger charge is -2.35. The van der Waals surface area contributed by atoms with Crippen LogP contribution < -0.4 is 5.32 Å². The highest BCUT2D eigenvalue weighted by molar-refractivity contribution is 5.70. The van der Waals surface area contributed by atoms with Crippen molar-refractivity contribution in [3.8, 4) is 0 Å². The summed E-state index contributed by atoms with van der Waals surface area (Å²) in [5, 5.41) is 13.0. The quantitative estimate of drug-likeness (QED) is 0.802. The smallest absolute Gasteiger partial charge is 0.306 e. The second kappa shape index (κ2) is 7.28. The molecule has 0 aliphatic heterocycles. The van der Waals surface area contributed by atoms with E-state index in [1.807, 2.05) is 0 Å². The molecule has 2 saturated carbocycles. The van der Waals surface area contributed by atoms with E-state index >= 15 is 0 Å². The van der Waals surface area contributed by atoms with Gasteiger partial charge in [0.15, 0.2) is 0 Å². The van der Waals surface area contributed by atoms with E-state index < -0.39 is 5.97 Å². The number of rotatable bonds is 5. The lowest BCUT2D eigenvalue weighted by atomic mass is 9.78. The molecule has 2 aliphatic rings. The van der Waals surface area contributed by atoms with Crippen molar-refractivity contribution in [1.82, 2.24) is 5.32 Å². The van der Waals surface area contributed by atoms with Crippen molar-refractivity contribution in [3.05, 3.63) is 0 Å². The van der Waals surface area contributed by atoms with E-state index in [0.717, 1.165) is 31.7 Å². The Bertz CT molecular complexity index is 292. The van der Waals surface area contributed by atoms with Crippen LogP contribution in [0.3, 0.4) is 0 Å². The van der Waals surface area contributed by atoms with E-state index in [1.54, 1.807) is 0 Å². The molecule has 0 amide bonds. The molecular weight excluding hydrogens is 238 g/mol. The third kappa shape index (κ3) is 3.95. The molecule has 0 aromatic rings. The summed E-state index contributed by atoms with van der Waals surface area (Å²) in [5.41, 5.74) is 0. The summed E-state index contributed by atoms with van der Waals surface area (Å²) in [6.45, 7) is 3.20. The van der Waals surface area contributed by atoms with Gasteiger partial charge in [-0.25, -0.2) is 0 Å².